The molecule has 0 N–H and O–H groups in total. The van der Waals surface area contributed by atoms with Gasteiger partial charge in [-0.1, -0.05) is 12.1 Å². The summed E-state index contributed by atoms with van der Waals surface area (Å²) < 4.78 is 6.80. The molecule has 4 nitrogen and oxygen atoms in total. The highest BCUT2D eigenvalue weighted by molar-refractivity contribution is 6.01. The first-order valence-corrected chi connectivity index (χ1v) is 5.19. The molecule has 0 aliphatic carbocycles. The van der Waals surface area contributed by atoms with Gasteiger partial charge in [0.2, 0.25) is 0 Å². The first kappa shape index (κ1) is 9.84. The Hall–Kier alpha value is -2.36. The SMILES string of the molecule is Cn1c(=O)c2c(=O)ccoc2c2ccccc21. The third-order valence-corrected chi connectivity index (χ3v) is 2.91. The number of nitrogens with zero attached hydrogens (tertiary/aromatic N) is 1. The summed E-state index contributed by atoms with van der Waals surface area (Å²) in [7, 11) is 1.65. The van der Waals surface area contributed by atoms with Crippen molar-refractivity contribution in [3.63, 3.8) is 0 Å². The van der Waals surface area contributed by atoms with Crippen molar-refractivity contribution in [1.82, 2.24) is 4.57 Å². The molecule has 4 heteroatoms. The van der Waals surface area contributed by atoms with E-state index in [0.717, 1.165) is 10.9 Å². The third-order valence-electron chi connectivity index (χ3n) is 2.91. The van der Waals surface area contributed by atoms with Crippen molar-refractivity contribution in [1.29, 1.82) is 0 Å². The molecule has 84 valence electrons. The van der Waals surface area contributed by atoms with Crippen LogP contribution in [0.5, 0.6) is 0 Å². The lowest BCUT2D eigenvalue weighted by atomic mass is 10.1. The molecule has 0 atom stereocenters. The van der Waals surface area contributed by atoms with Crippen LogP contribution in [0, 0.1) is 0 Å². The number of hydrogen-bond donors (Lipinski definition) is 0. The maximum atomic E-state index is 12.1. The van der Waals surface area contributed by atoms with E-state index in [0.29, 0.717) is 5.58 Å². The molecule has 0 saturated carbocycles. The van der Waals surface area contributed by atoms with Gasteiger partial charge in [-0.15, -0.1) is 0 Å². The molecule has 0 amide bonds. The molecule has 3 rings (SSSR count). The molecule has 0 bridgehead atoms. The zero-order valence-electron chi connectivity index (χ0n) is 9.14. The maximum absolute atomic E-state index is 12.1. The van der Waals surface area contributed by atoms with Gasteiger partial charge >= 0.3 is 0 Å². The average Bonchev–Trinajstić information content (AvgIpc) is 2.36. The molecule has 17 heavy (non-hydrogen) atoms. The van der Waals surface area contributed by atoms with E-state index in [1.165, 1.54) is 16.9 Å². The summed E-state index contributed by atoms with van der Waals surface area (Å²) >= 11 is 0. The average molecular weight is 227 g/mol. The molecule has 3 aromatic rings. The second-order valence-electron chi connectivity index (χ2n) is 3.87. The number of rotatable bonds is 0. The maximum Gasteiger partial charge on any atom is 0.265 e. The molecule has 1 aromatic carbocycles. The van der Waals surface area contributed by atoms with Gasteiger partial charge in [0.15, 0.2) is 11.0 Å². The van der Waals surface area contributed by atoms with Crippen molar-refractivity contribution in [2.24, 2.45) is 7.05 Å². The molecule has 2 aromatic heterocycles. The van der Waals surface area contributed by atoms with E-state index in [1.54, 1.807) is 7.05 Å². The van der Waals surface area contributed by atoms with Crippen LogP contribution in [0.15, 0.2) is 50.6 Å². The van der Waals surface area contributed by atoms with E-state index in [1.807, 2.05) is 24.3 Å². The highest BCUT2D eigenvalue weighted by Gasteiger charge is 2.11. The fourth-order valence-corrected chi connectivity index (χ4v) is 2.05. The summed E-state index contributed by atoms with van der Waals surface area (Å²) in [5.74, 6) is 0. The molecular formula is C13H9NO3. The molecular weight excluding hydrogens is 218 g/mol. The Labute approximate surface area is 95.7 Å². The number of aromatic nitrogens is 1. The number of aryl methyl sites for hydroxylation is 1. The van der Waals surface area contributed by atoms with Gasteiger partial charge in [-0.05, 0) is 12.1 Å². The molecule has 0 spiro atoms. The summed E-state index contributed by atoms with van der Waals surface area (Å²) in [4.78, 5) is 23.8. The van der Waals surface area contributed by atoms with Crippen LogP contribution in [-0.2, 0) is 7.05 Å². The van der Waals surface area contributed by atoms with E-state index in [2.05, 4.69) is 0 Å². The lowest BCUT2D eigenvalue weighted by molar-refractivity contribution is 0.604. The van der Waals surface area contributed by atoms with Crippen molar-refractivity contribution in [2.45, 2.75) is 0 Å². The second kappa shape index (κ2) is 3.31. The minimum Gasteiger partial charge on any atom is -0.463 e. The van der Waals surface area contributed by atoms with Crippen molar-refractivity contribution in [2.75, 3.05) is 0 Å². The van der Waals surface area contributed by atoms with E-state index in [-0.39, 0.29) is 16.4 Å². The van der Waals surface area contributed by atoms with Gasteiger partial charge < -0.3 is 8.98 Å². The predicted octanol–water partition coefficient (Wildman–Crippen LogP) is 1.64. The molecule has 0 aliphatic heterocycles. The zero-order valence-corrected chi connectivity index (χ0v) is 9.14. The molecule has 0 saturated heterocycles. The Balaban J connectivity index is 2.81. The fourth-order valence-electron chi connectivity index (χ4n) is 2.05. The smallest absolute Gasteiger partial charge is 0.265 e. The number of pyridine rings is 1. The Morgan fingerprint density at radius 2 is 1.88 bits per heavy atom. The monoisotopic (exact) mass is 227 g/mol. The van der Waals surface area contributed by atoms with E-state index in [4.69, 9.17) is 4.42 Å². The first-order chi connectivity index (χ1) is 8.20. The van der Waals surface area contributed by atoms with Crippen LogP contribution >= 0.6 is 0 Å². The van der Waals surface area contributed by atoms with Crippen molar-refractivity contribution >= 4 is 21.9 Å². The topological polar surface area (TPSA) is 52.2 Å². The summed E-state index contributed by atoms with van der Waals surface area (Å²) in [6, 6.07) is 8.61. The van der Waals surface area contributed by atoms with Gasteiger partial charge in [0.05, 0.1) is 11.8 Å². The normalized spacial score (nSPS) is 11.1. The van der Waals surface area contributed by atoms with Gasteiger partial charge in [0.1, 0.15) is 5.39 Å². The van der Waals surface area contributed by atoms with Gasteiger partial charge in [-0.2, -0.15) is 0 Å². The van der Waals surface area contributed by atoms with Crippen LogP contribution in [0.3, 0.4) is 0 Å². The minimum absolute atomic E-state index is 0.105. The fraction of sp³-hybridized carbons (Fsp3) is 0.0769. The molecule has 0 fully saturated rings. The van der Waals surface area contributed by atoms with Crippen LogP contribution in [0.2, 0.25) is 0 Å². The number of fused-ring (bicyclic) bond motifs is 3. The molecule has 2 heterocycles. The Bertz CT molecular complexity index is 843. The third kappa shape index (κ3) is 1.24. The van der Waals surface area contributed by atoms with E-state index in [9.17, 15) is 9.59 Å². The van der Waals surface area contributed by atoms with Gasteiger partial charge in [-0.3, -0.25) is 9.59 Å². The molecule has 0 unspecified atom stereocenters. The predicted molar refractivity (Wildman–Crippen MR) is 65.2 cm³/mol. The number of para-hydroxylation sites is 1. The van der Waals surface area contributed by atoms with Gasteiger partial charge in [0.25, 0.3) is 5.56 Å². The lowest BCUT2D eigenvalue weighted by Crippen LogP contribution is -2.22. The molecule has 0 radical (unpaired) electrons. The van der Waals surface area contributed by atoms with Crippen LogP contribution < -0.4 is 11.0 Å². The number of benzene rings is 1. The zero-order chi connectivity index (χ0) is 12.0. The highest BCUT2D eigenvalue weighted by Crippen LogP contribution is 2.19. The van der Waals surface area contributed by atoms with Gasteiger partial charge in [-0.25, -0.2) is 0 Å². The summed E-state index contributed by atoms with van der Waals surface area (Å²) in [6.07, 6.45) is 1.32. The van der Waals surface area contributed by atoms with Crippen molar-refractivity contribution < 1.29 is 4.42 Å². The quantitative estimate of drug-likeness (QED) is 0.548. The highest BCUT2D eigenvalue weighted by atomic mass is 16.3. The lowest BCUT2D eigenvalue weighted by Gasteiger charge is -2.06. The second-order valence-corrected chi connectivity index (χ2v) is 3.87. The summed E-state index contributed by atoms with van der Waals surface area (Å²) in [5, 5.41) is 0.871. The Kier molecular flexibility index (Phi) is 1.92. The standard InChI is InChI=1S/C13H9NO3/c1-14-9-5-3-2-4-8(9)12-11(13(14)16)10(15)6-7-17-12/h2-7H,1H3. The summed E-state index contributed by atoms with van der Waals surface area (Å²) in [5.41, 5.74) is 0.473. The Morgan fingerprint density at radius 3 is 2.71 bits per heavy atom. The van der Waals surface area contributed by atoms with Gasteiger partial charge in [0, 0.05) is 18.5 Å². The van der Waals surface area contributed by atoms with E-state index >= 15 is 0 Å². The van der Waals surface area contributed by atoms with Crippen LogP contribution in [0.25, 0.3) is 21.9 Å². The summed E-state index contributed by atoms with van der Waals surface area (Å²) in [6.45, 7) is 0. The Morgan fingerprint density at radius 1 is 1.12 bits per heavy atom. The van der Waals surface area contributed by atoms with Crippen molar-refractivity contribution in [3.8, 4) is 0 Å². The van der Waals surface area contributed by atoms with E-state index < -0.39 is 0 Å². The number of hydrogen-bond acceptors (Lipinski definition) is 3. The first-order valence-electron chi connectivity index (χ1n) is 5.19. The molecule has 0 aliphatic rings. The largest absolute Gasteiger partial charge is 0.463 e. The van der Waals surface area contributed by atoms with Crippen molar-refractivity contribution in [3.05, 3.63) is 57.2 Å². The minimum atomic E-state index is -0.326. The van der Waals surface area contributed by atoms with Crippen LogP contribution in [0.4, 0.5) is 0 Å². The van der Waals surface area contributed by atoms with Crippen LogP contribution in [0.1, 0.15) is 0 Å². The van der Waals surface area contributed by atoms with Crippen LogP contribution in [-0.4, -0.2) is 4.57 Å².